The van der Waals surface area contributed by atoms with Gasteiger partial charge in [-0.15, -0.1) is 0 Å². The molecule has 0 atom stereocenters. The highest BCUT2D eigenvalue weighted by molar-refractivity contribution is 5.94. The third-order valence-corrected chi connectivity index (χ3v) is 4.05. The minimum Gasteiger partial charge on any atom is -0.409 e. The minimum absolute atomic E-state index is 0.00477. The van der Waals surface area contributed by atoms with Gasteiger partial charge in [0, 0.05) is 6.42 Å². The molecule has 0 spiro atoms. The van der Waals surface area contributed by atoms with Gasteiger partial charge in [0.15, 0.2) is 5.84 Å². The molecule has 0 aliphatic heterocycles. The second kappa shape index (κ2) is 6.78. The predicted molar refractivity (Wildman–Crippen MR) is 76.0 cm³/mol. The molecule has 0 aromatic rings. The maximum absolute atomic E-state index is 12.0. The topological polar surface area (TPSA) is 87.7 Å². The van der Waals surface area contributed by atoms with Crippen LogP contribution in [-0.4, -0.2) is 22.5 Å². The van der Waals surface area contributed by atoms with Gasteiger partial charge in [0.05, 0.1) is 0 Å². The highest BCUT2D eigenvalue weighted by Gasteiger charge is 2.39. The van der Waals surface area contributed by atoms with Crippen LogP contribution in [0.15, 0.2) is 5.16 Å². The van der Waals surface area contributed by atoms with E-state index in [0.717, 1.165) is 32.1 Å². The smallest absolute Gasteiger partial charge is 0.220 e. The molecule has 0 saturated heterocycles. The van der Waals surface area contributed by atoms with Crippen molar-refractivity contribution in [2.45, 2.75) is 64.8 Å². The van der Waals surface area contributed by atoms with Gasteiger partial charge in [-0.1, -0.05) is 25.9 Å². The van der Waals surface area contributed by atoms with E-state index in [1.54, 1.807) is 0 Å². The highest BCUT2D eigenvalue weighted by Crippen LogP contribution is 2.32. The number of amidine groups is 1. The van der Waals surface area contributed by atoms with Gasteiger partial charge in [-0.2, -0.15) is 0 Å². The number of hydrogen-bond donors (Lipinski definition) is 3. The monoisotopic (exact) mass is 269 g/mol. The molecule has 0 radical (unpaired) electrons. The van der Waals surface area contributed by atoms with E-state index >= 15 is 0 Å². The first-order valence-electron chi connectivity index (χ1n) is 7.18. The zero-order valence-corrected chi connectivity index (χ0v) is 12.3. The van der Waals surface area contributed by atoms with Crippen LogP contribution in [-0.2, 0) is 4.79 Å². The Labute approximate surface area is 115 Å². The molecule has 1 saturated carbocycles. The third kappa shape index (κ3) is 4.40. The van der Waals surface area contributed by atoms with Crippen molar-refractivity contribution in [3.8, 4) is 0 Å². The van der Waals surface area contributed by atoms with Crippen LogP contribution < -0.4 is 11.1 Å². The molecule has 0 aromatic carbocycles. The SMILES string of the molecule is CC(C)CCC(=O)NC1(/C(N)=N/O)CCC(C)CC1. The second-order valence-electron chi connectivity index (χ2n) is 6.23. The van der Waals surface area contributed by atoms with Gasteiger partial charge in [-0.05, 0) is 43.9 Å². The number of carbonyl (C=O) groups excluding carboxylic acids is 1. The zero-order chi connectivity index (χ0) is 14.5. The summed E-state index contributed by atoms with van der Waals surface area (Å²) in [7, 11) is 0. The molecular weight excluding hydrogens is 242 g/mol. The van der Waals surface area contributed by atoms with Crippen molar-refractivity contribution in [1.29, 1.82) is 0 Å². The van der Waals surface area contributed by atoms with Crippen molar-refractivity contribution in [1.82, 2.24) is 5.32 Å². The Bertz CT molecular complexity index is 332. The first kappa shape index (κ1) is 15.8. The molecule has 1 aliphatic rings. The van der Waals surface area contributed by atoms with Crippen molar-refractivity contribution in [3.05, 3.63) is 0 Å². The van der Waals surface area contributed by atoms with Crippen LogP contribution in [0.2, 0.25) is 0 Å². The van der Waals surface area contributed by atoms with Gasteiger partial charge in [0.2, 0.25) is 5.91 Å². The van der Waals surface area contributed by atoms with E-state index in [2.05, 4.69) is 31.2 Å². The Morgan fingerprint density at radius 1 is 1.47 bits per heavy atom. The van der Waals surface area contributed by atoms with E-state index in [4.69, 9.17) is 10.9 Å². The van der Waals surface area contributed by atoms with Crippen LogP contribution >= 0.6 is 0 Å². The average molecular weight is 269 g/mol. The Hall–Kier alpha value is -1.26. The molecule has 4 N–H and O–H groups in total. The molecule has 5 nitrogen and oxygen atoms in total. The van der Waals surface area contributed by atoms with Gasteiger partial charge < -0.3 is 16.3 Å². The average Bonchev–Trinajstić information content (AvgIpc) is 2.38. The fourth-order valence-corrected chi connectivity index (χ4v) is 2.54. The molecule has 0 aromatic heterocycles. The summed E-state index contributed by atoms with van der Waals surface area (Å²) in [6.07, 6.45) is 4.82. The van der Waals surface area contributed by atoms with Gasteiger partial charge in [0.1, 0.15) is 5.54 Å². The van der Waals surface area contributed by atoms with Crippen LogP contribution in [0, 0.1) is 11.8 Å². The summed E-state index contributed by atoms with van der Waals surface area (Å²) < 4.78 is 0. The Kier molecular flexibility index (Phi) is 5.63. The summed E-state index contributed by atoms with van der Waals surface area (Å²) in [6.45, 7) is 6.38. The lowest BCUT2D eigenvalue weighted by molar-refractivity contribution is -0.123. The minimum atomic E-state index is -0.644. The van der Waals surface area contributed by atoms with E-state index in [-0.39, 0.29) is 11.7 Å². The van der Waals surface area contributed by atoms with E-state index in [9.17, 15) is 4.79 Å². The number of nitrogens with one attached hydrogen (secondary N) is 1. The maximum Gasteiger partial charge on any atom is 0.220 e. The first-order valence-corrected chi connectivity index (χ1v) is 7.18. The van der Waals surface area contributed by atoms with E-state index < -0.39 is 5.54 Å². The van der Waals surface area contributed by atoms with E-state index in [0.29, 0.717) is 18.3 Å². The molecule has 0 unspecified atom stereocenters. The standard InChI is InChI=1S/C14H27N3O2/c1-10(2)4-5-12(18)16-14(13(15)17-19)8-6-11(3)7-9-14/h10-11,19H,4-9H2,1-3H3,(H2,15,17)(H,16,18). The Morgan fingerprint density at radius 2 is 2.05 bits per heavy atom. The van der Waals surface area contributed by atoms with Crippen LogP contribution in [0.3, 0.4) is 0 Å². The molecule has 1 fully saturated rings. The summed E-state index contributed by atoms with van der Waals surface area (Å²) in [6, 6.07) is 0. The normalized spacial score (nSPS) is 28.4. The van der Waals surface area contributed by atoms with Crippen LogP contribution in [0.25, 0.3) is 0 Å². The molecule has 1 rings (SSSR count). The fourth-order valence-electron chi connectivity index (χ4n) is 2.54. The largest absolute Gasteiger partial charge is 0.409 e. The summed E-state index contributed by atoms with van der Waals surface area (Å²) >= 11 is 0. The van der Waals surface area contributed by atoms with Gasteiger partial charge in [-0.3, -0.25) is 4.79 Å². The summed E-state index contributed by atoms with van der Waals surface area (Å²) in [5, 5.41) is 15.1. The van der Waals surface area contributed by atoms with Crippen molar-refractivity contribution >= 4 is 11.7 Å². The van der Waals surface area contributed by atoms with E-state index in [1.807, 2.05) is 0 Å². The van der Waals surface area contributed by atoms with Crippen LogP contribution in [0.1, 0.15) is 59.3 Å². The molecular formula is C14H27N3O2. The molecule has 5 heteroatoms. The highest BCUT2D eigenvalue weighted by atomic mass is 16.4. The van der Waals surface area contributed by atoms with Crippen molar-refractivity contribution in [2.24, 2.45) is 22.7 Å². The number of rotatable bonds is 5. The first-order chi connectivity index (χ1) is 8.89. The summed E-state index contributed by atoms with van der Waals surface area (Å²) in [4.78, 5) is 12.0. The van der Waals surface area contributed by atoms with Crippen molar-refractivity contribution < 1.29 is 10.0 Å². The molecule has 0 heterocycles. The number of nitrogens with zero attached hydrogens (tertiary/aromatic N) is 1. The maximum atomic E-state index is 12.0. The Balaban J connectivity index is 2.68. The van der Waals surface area contributed by atoms with E-state index in [1.165, 1.54) is 0 Å². The molecule has 1 amide bonds. The lowest BCUT2D eigenvalue weighted by atomic mass is 9.76. The van der Waals surface area contributed by atoms with Gasteiger partial charge in [-0.25, -0.2) is 0 Å². The second-order valence-corrected chi connectivity index (χ2v) is 6.23. The number of carbonyl (C=O) groups is 1. The van der Waals surface area contributed by atoms with Gasteiger partial charge >= 0.3 is 0 Å². The Morgan fingerprint density at radius 3 is 2.53 bits per heavy atom. The van der Waals surface area contributed by atoms with Crippen LogP contribution in [0.5, 0.6) is 0 Å². The number of hydrogen-bond acceptors (Lipinski definition) is 3. The van der Waals surface area contributed by atoms with Crippen LogP contribution in [0.4, 0.5) is 0 Å². The fraction of sp³-hybridized carbons (Fsp3) is 0.857. The van der Waals surface area contributed by atoms with Crippen molar-refractivity contribution in [2.75, 3.05) is 0 Å². The summed E-state index contributed by atoms with van der Waals surface area (Å²) in [5.74, 6) is 1.26. The third-order valence-electron chi connectivity index (χ3n) is 4.05. The summed E-state index contributed by atoms with van der Waals surface area (Å²) in [5.41, 5.74) is 5.17. The molecule has 1 aliphatic carbocycles. The van der Waals surface area contributed by atoms with Gasteiger partial charge in [0.25, 0.3) is 0 Å². The molecule has 0 bridgehead atoms. The lowest BCUT2D eigenvalue weighted by Gasteiger charge is -2.39. The number of nitrogens with two attached hydrogens (primary N) is 1. The van der Waals surface area contributed by atoms with Crippen molar-refractivity contribution in [3.63, 3.8) is 0 Å². The zero-order valence-electron chi connectivity index (χ0n) is 12.3. The number of amides is 1. The molecule has 19 heavy (non-hydrogen) atoms. The lowest BCUT2D eigenvalue weighted by Crippen LogP contribution is -2.59. The number of oxime groups is 1. The predicted octanol–water partition coefficient (Wildman–Crippen LogP) is 2.23. The quantitative estimate of drug-likeness (QED) is 0.309. The molecule has 110 valence electrons.